The molecule has 3 aromatic rings. The third-order valence-electron chi connectivity index (χ3n) is 7.64. The highest BCUT2D eigenvalue weighted by Gasteiger charge is 2.34. The molecule has 3 aromatic carbocycles. The maximum atomic E-state index is 14.1. The molecule has 1 aliphatic carbocycles. The Kier molecular flexibility index (Phi) is 10.1. The highest BCUT2D eigenvalue weighted by Crippen LogP contribution is 2.28. The van der Waals surface area contributed by atoms with Gasteiger partial charge >= 0.3 is 0 Å². The van der Waals surface area contributed by atoms with Crippen LogP contribution in [0.5, 0.6) is 0 Å². The highest BCUT2D eigenvalue weighted by atomic mass is 35.5. The number of para-hydroxylation sites is 1. The minimum atomic E-state index is -4.11. The van der Waals surface area contributed by atoms with Gasteiger partial charge in [0.05, 0.1) is 10.6 Å². The number of rotatable bonds is 11. The quantitative estimate of drug-likeness (QED) is 0.300. The molecule has 1 fully saturated rings. The molecule has 0 heterocycles. The molecule has 2 amide bonds. The number of hydrogen-bond acceptors (Lipinski definition) is 4. The van der Waals surface area contributed by atoms with Crippen LogP contribution in [0.4, 0.5) is 5.69 Å². The van der Waals surface area contributed by atoms with Crippen LogP contribution in [0.1, 0.15) is 56.2 Å². The van der Waals surface area contributed by atoms with Crippen molar-refractivity contribution in [2.75, 3.05) is 10.8 Å². The van der Waals surface area contributed by atoms with Crippen molar-refractivity contribution in [1.29, 1.82) is 0 Å². The van der Waals surface area contributed by atoms with E-state index in [2.05, 4.69) is 5.32 Å². The topological polar surface area (TPSA) is 86.8 Å². The van der Waals surface area contributed by atoms with Crippen molar-refractivity contribution in [3.05, 3.63) is 94.5 Å². The summed E-state index contributed by atoms with van der Waals surface area (Å²) in [6, 6.07) is 20.1. The minimum absolute atomic E-state index is 0.0860. The lowest BCUT2D eigenvalue weighted by Crippen LogP contribution is -2.52. The second-order valence-electron chi connectivity index (χ2n) is 10.6. The Morgan fingerprint density at radius 2 is 1.68 bits per heavy atom. The van der Waals surface area contributed by atoms with Crippen LogP contribution in [0.2, 0.25) is 5.02 Å². The van der Waals surface area contributed by atoms with Gasteiger partial charge < -0.3 is 10.2 Å². The van der Waals surface area contributed by atoms with E-state index in [0.717, 1.165) is 42.4 Å². The van der Waals surface area contributed by atoms with Crippen LogP contribution in [0, 0.1) is 6.92 Å². The fourth-order valence-electron chi connectivity index (χ4n) is 5.21. The molecule has 1 atom stereocenters. The van der Waals surface area contributed by atoms with Gasteiger partial charge in [-0.25, -0.2) is 8.42 Å². The maximum Gasteiger partial charge on any atom is 0.264 e. The van der Waals surface area contributed by atoms with Crippen LogP contribution in [0.25, 0.3) is 0 Å². The van der Waals surface area contributed by atoms with Gasteiger partial charge in [0.15, 0.2) is 0 Å². The molecule has 218 valence electrons. The third kappa shape index (κ3) is 7.49. The molecular weight excluding hydrogens is 558 g/mol. The molecule has 1 aliphatic rings. The number of nitrogens with one attached hydrogen (secondary N) is 1. The van der Waals surface area contributed by atoms with Gasteiger partial charge in [-0.2, -0.15) is 0 Å². The fourth-order valence-corrected chi connectivity index (χ4v) is 6.88. The minimum Gasteiger partial charge on any atom is -0.352 e. The maximum absolute atomic E-state index is 14.1. The number of benzene rings is 3. The van der Waals surface area contributed by atoms with Crippen LogP contribution < -0.4 is 9.62 Å². The lowest BCUT2D eigenvalue weighted by molar-refractivity contribution is -0.139. The molecule has 1 saturated carbocycles. The second kappa shape index (κ2) is 13.5. The summed E-state index contributed by atoms with van der Waals surface area (Å²) in [6.45, 7) is 5.15. The SMILES string of the molecule is CCc1ccccc1N(CC(=O)N(Cc1cccc(Cl)c1)C(C)C(=O)NC1CCCC1)S(=O)(=O)c1ccc(C)cc1. The van der Waals surface area contributed by atoms with E-state index in [0.29, 0.717) is 17.1 Å². The van der Waals surface area contributed by atoms with E-state index in [9.17, 15) is 18.0 Å². The number of carbonyl (C=O) groups is 2. The van der Waals surface area contributed by atoms with Gasteiger partial charge in [-0.05, 0) is 74.6 Å². The van der Waals surface area contributed by atoms with E-state index in [4.69, 9.17) is 11.6 Å². The molecule has 1 N–H and O–H groups in total. The van der Waals surface area contributed by atoms with Gasteiger partial charge in [0.1, 0.15) is 12.6 Å². The smallest absolute Gasteiger partial charge is 0.264 e. The summed E-state index contributed by atoms with van der Waals surface area (Å²) in [6.07, 6.45) is 4.53. The van der Waals surface area contributed by atoms with Gasteiger partial charge in [0.2, 0.25) is 11.8 Å². The van der Waals surface area contributed by atoms with Gasteiger partial charge in [0.25, 0.3) is 10.0 Å². The summed E-state index contributed by atoms with van der Waals surface area (Å²) in [5.74, 6) is -0.741. The molecule has 1 unspecified atom stereocenters. The van der Waals surface area contributed by atoms with E-state index in [1.165, 1.54) is 9.21 Å². The van der Waals surface area contributed by atoms with Crippen molar-refractivity contribution in [2.45, 2.75) is 76.4 Å². The standard InChI is InChI=1S/C32H38ClN3O4S/c1-4-26-11-5-8-15-30(26)36(41(39,40)29-18-16-23(2)17-19-29)22-31(37)35(21-25-10-9-12-27(33)20-25)24(3)32(38)34-28-13-6-7-14-28/h5,8-12,15-20,24,28H,4,6-7,13-14,21-22H2,1-3H3,(H,34,38). The Hall–Kier alpha value is -3.36. The zero-order valence-electron chi connectivity index (χ0n) is 23.8. The number of hydrogen-bond donors (Lipinski definition) is 1. The van der Waals surface area contributed by atoms with Crippen LogP contribution in [-0.2, 0) is 32.6 Å². The zero-order valence-corrected chi connectivity index (χ0v) is 25.4. The molecular formula is C32H38ClN3O4S. The summed E-state index contributed by atoms with van der Waals surface area (Å²) < 4.78 is 29.3. The first kappa shape index (κ1) is 30.6. The average Bonchev–Trinajstić information content (AvgIpc) is 3.47. The first-order valence-corrected chi connectivity index (χ1v) is 15.9. The highest BCUT2D eigenvalue weighted by molar-refractivity contribution is 7.92. The lowest BCUT2D eigenvalue weighted by atomic mass is 10.1. The summed E-state index contributed by atoms with van der Waals surface area (Å²) >= 11 is 6.23. The molecule has 9 heteroatoms. The van der Waals surface area contributed by atoms with Crippen molar-refractivity contribution < 1.29 is 18.0 Å². The fraction of sp³-hybridized carbons (Fsp3) is 0.375. The van der Waals surface area contributed by atoms with Gasteiger partial charge in [-0.3, -0.25) is 13.9 Å². The summed E-state index contributed by atoms with van der Waals surface area (Å²) in [5, 5.41) is 3.60. The Bertz CT molecular complexity index is 1470. The number of anilines is 1. The molecule has 7 nitrogen and oxygen atoms in total. The zero-order chi connectivity index (χ0) is 29.6. The van der Waals surface area contributed by atoms with Crippen LogP contribution in [-0.4, -0.2) is 43.8 Å². The first-order chi connectivity index (χ1) is 19.6. The Balaban J connectivity index is 1.71. The van der Waals surface area contributed by atoms with E-state index < -0.39 is 28.5 Å². The van der Waals surface area contributed by atoms with Crippen molar-refractivity contribution in [3.8, 4) is 0 Å². The molecule has 0 aliphatic heterocycles. The molecule has 0 bridgehead atoms. The molecule has 4 rings (SSSR count). The largest absolute Gasteiger partial charge is 0.352 e. The third-order valence-corrected chi connectivity index (χ3v) is 9.65. The average molecular weight is 596 g/mol. The summed E-state index contributed by atoms with van der Waals surface area (Å²) in [7, 11) is -4.11. The van der Waals surface area contributed by atoms with Crippen molar-refractivity contribution in [1.82, 2.24) is 10.2 Å². The molecule has 0 radical (unpaired) electrons. The number of halogens is 1. The molecule has 0 spiro atoms. The van der Waals surface area contributed by atoms with E-state index in [1.54, 1.807) is 61.5 Å². The number of aryl methyl sites for hydroxylation is 2. The van der Waals surface area contributed by atoms with Crippen LogP contribution >= 0.6 is 11.6 Å². The Morgan fingerprint density at radius 3 is 2.34 bits per heavy atom. The lowest BCUT2D eigenvalue weighted by Gasteiger charge is -2.33. The number of carbonyl (C=O) groups excluding carboxylic acids is 2. The Labute approximate surface area is 248 Å². The van der Waals surface area contributed by atoms with Crippen molar-refractivity contribution in [3.63, 3.8) is 0 Å². The van der Waals surface area contributed by atoms with Gasteiger partial charge in [-0.15, -0.1) is 0 Å². The normalized spacial score (nSPS) is 14.4. The predicted octanol–water partition coefficient (Wildman–Crippen LogP) is 5.88. The van der Waals surface area contributed by atoms with Crippen LogP contribution in [0.3, 0.4) is 0 Å². The van der Waals surface area contributed by atoms with Gasteiger partial charge in [-0.1, -0.05) is 79.4 Å². The van der Waals surface area contributed by atoms with E-state index in [1.807, 2.05) is 32.0 Å². The molecule has 0 aromatic heterocycles. The number of sulfonamides is 1. The summed E-state index contributed by atoms with van der Waals surface area (Å²) in [4.78, 5) is 29.0. The van der Waals surface area contributed by atoms with Crippen molar-refractivity contribution in [2.24, 2.45) is 0 Å². The number of amides is 2. The number of nitrogens with zero attached hydrogens (tertiary/aromatic N) is 2. The van der Waals surface area contributed by atoms with E-state index in [-0.39, 0.29) is 23.4 Å². The second-order valence-corrected chi connectivity index (χ2v) is 12.9. The first-order valence-electron chi connectivity index (χ1n) is 14.1. The predicted molar refractivity (Wildman–Crippen MR) is 163 cm³/mol. The Morgan fingerprint density at radius 1 is 1.00 bits per heavy atom. The van der Waals surface area contributed by atoms with Crippen molar-refractivity contribution >= 4 is 39.1 Å². The van der Waals surface area contributed by atoms with Crippen LogP contribution in [0.15, 0.2) is 77.7 Å². The summed E-state index contributed by atoms with van der Waals surface area (Å²) in [5.41, 5.74) is 2.91. The molecule has 0 saturated heterocycles. The van der Waals surface area contributed by atoms with Gasteiger partial charge in [0, 0.05) is 17.6 Å². The monoisotopic (exact) mass is 595 g/mol. The molecule has 41 heavy (non-hydrogen) atoms. The van der Waals surface area contributed by atoms with E-state index >= 15 is 0 Å².